The van der Waals surface area contributed by atoms with Gasteiger partial charge in [0.15, 0.2) is 0 Å². The molecule has 0 spiro atoms. The summed E-state index contributed by atoms with van der Waals surface area (Å²) in [4.78, 5) is 13.1. The number of carboxylic acid groups (broad SMARTS) is 1. The van der Waals surface area contributed by atoms with Crippen LogP contribution in [0.4, 0.5) is 4.79 Å². The molecule has 29 heavy (non-hydrogen) atoms. The van der Waals surface area contributed by atoms with Crippen molar-refractivity contribution in [1.82, 2.24) is 10.1 Å². The van der Waals surface area contributed by atoms with Crippen molar-refractivity contribution in [3.8, 4) is 11.3 Å². The Morgan fingerprint density at radius 1 is 1.17 bits per heavy atom. The van der Waals surface area contributed by atoms with E-state index in [0.717, 1.165) is 49.8 Å². The molecular formula is C21H22Cl2N2O4. The Bertz CT molecular complexity index is 909. The molecule has 8 heteroatoms. The normalized spacial score (nSPS) is 26.1. The van der Waals surface area contributed by atoms with Gasteiger partial charge in [0.2, 0.25) is 0 Å². The van der Waals surface area contributed by atoms with Crippen LogP contribution in [0.2, 0.25) is 10.0 Å². The summed E-state index contributed by atoms with van der Waals surface area (Å²) in [6.07, 6.45) is 4.67. The van der Waals surface area contributed by atoms with Crippen molar-refractivity contribution < 1.29 is 19.2 Å². The zero-order valence-electron chi connectivity index (χ0n) is 15.8. The number of halogens is 2. The predicted octanol–water partition coefficient (Wildman–Crippen LogP) is 5.72. The summed E-state index contributed by atoms with van der Waals surface area (Å²) in [7, 11) is 0. The van der Waals surface area contributed by atoms with E-state index in [1.54, 1.807) is 23.1 Å². The van der Waals surface area contributed by atoms with Crippen molar-refractivity contribution in [2.24, 2.45) is 0 Å². The molecule has 1 amide bonds. The Labute approximate surface area is 178 Å². The SMILES string of the molecule is O=C(O)N1[C@@H]2CC[C@H]1C[C@H](OCc1c(-c3c(Cl)cccc3Cl)noc1C1CC1)C2. The number of ether oxygens (including phenoxy) is 1. The van der Waals surface area contributed by atoms with Gasteiger partial charge in [0.1, 0.15) is 11.5 Å². The molecule has 3 fully saturated rings. The van der Waals surface area contributed by atoms with Crippen LogP contribution in [0.5, 0.6) is 0 Å². The Morgan fingerprint density at radius 3 is 2.41 bits per heavy atom. The van der Waals surface area contributed by atoms with E-state index in [4.69, 9.17) is 32.5 Å². The van der Waals surface area contributed by atoms with Crippen molar-refractivity contribution in [3.63, 3.8) is 0 Å². The van der Waals surface area contributed by atoms with Crippen LogP contribution in [0.15, 0.2) is 22.7 Å². The maximum absolute atomic E-state index is 11.5. The van der Waals surface area contributed by atoms with E-state index in [1.807, 2.05) is 0 Å². The third kappa shape index (κ3) is 3.51. The third-order valence-corrected chi connectivity index (χ3v) is 6.97. The van der Waals surface area contributed by atoms with Gasteiger partial charge in [-0.15, -0.1) is 0 Å². The van der Waals surface area contributed by atoms with Crippen LogP contribution in [-0.2, 0) is 11.3 Å². The van der Waals surface area contributed by atoms with Gasteiger partial charge < -0.3 is 19.3 Å². The molecule has 2 saturated heterocycles. The van der Waals surface area contributed by atoms with E-state index in [2.05, 4.69) is 5.16 Å². The number of rotatable bonds is 5. The number of hydrogen-bond acceptors (Lipinski definition) is 4. The van der Waals surface area contributed by atoms with Crippen molar-refractivity contribution in [2.75, 3.05) is 0 Å². The molecule has 1 aromatic carbocycles. The van der Waals surface area contributed by atoms with Crippen molar-refractivity contribution in [2.45, 2.75) is 69.2 Å². The number of piperidine rings is 1. The Kier molecular flexibility index (Phi) is 4.96. The summed E-state index contributed by atoms with van der Waals surface area (Å²) in [6, 6.07) is 5.49. The first-order valence-electron chi connectivity index (χ1n) is 10.1. The molecule has 2 bridgehead atoms. The lowest BCUT2D eigenvalue weighted by atomic mass is 10.00. The van der Waals surface area contributed by atoms with Gasteiger partial charge in [-0.2, -0.15) is 0 Å². The van der Waals surface area contributed by atoms with E-state index in [9.17, 15) is 9.90 Å². The van der Waals surface area contributed by atoms with Crippen LogP contribution in [-0.4, -0.2) is 39.4 Å². The highest BCUT2D eigenvalue weighted by Gasteiger charge is 2.44. The topological polar surface area (TPSA) is 75.8 Å². The Balaban J connectivity index is 1.38. The predicted molar refractivity (Wildman–Crippen MR) is 108 cm³/mol. The molecule has 1 N–H and O–H groups in total. The van der Waals surface area contributed by atoms with Crippen LogP contribution in [0.3, 0.4) is 0 Å². The molecule has 2 aromatic rings. The van der Waals surface area contributed by atoms with E-state index in [1.165, 1.54) is 0 Å². The van der Waals surface area contributed by atoms with E-state index >= 15 is 0 Å². The summed E-state index contributed by atoms with van der Waals surface area (Å²) in [5.41, 5.74) is 2.23. The molecule has 2 aliphatic heterocycles. The minimum Gasteiger partial charge on any atom is -0.465 e. The molecular weight excluding hydrogens is 415 g/mol. The summed E-state index contributed by atoms with van der Waals surface area (Å²) >= 11 is 12.8. The highest BCUT2D eigenvalue weighted by atomic mass is 35.5. The van der Waals surface area contributed by atoms with Crippen LogP contribution < -0.4 is 0 Å². The van der Waals surface area contributed by atoms with Crippen LogP contribution in [0, 0.1) is 0 Å². The number of nitrogens with zero attached hydrogens (tertiary/aromatic N) is 2. The number of fused-ring (bicyclic) bond motifs is 2. The number of hydrogen-bond donors (Lipinski definition) is 1. The zero-order valence-corrected chi connectivity index (χ0v) is 17.3. The third-order valence-electron chi connectivity index (χ3n) is 6.34. The number of benzene rings is 1. The first kappa shape index (κ1) is 19.2. The first-order valence-corrected chi connectivity index (χ1v) is 10.8. The standard InChI is InChI=1S/C21H22Cl2N2O4/c22-16-2-1-3-17(23)18(16)19-15(20(29-24-19)11-4-5-11)10-28-14-8-12-6-7-13(9-14)25(12)21(26)27/h1-3,11-14H,4-10H2,(H,26,27)/t12-,13+,14-. The molecule has 1 saturated carbocycles. The average Bonchev–Trinajstić information content (AvgIpc) is 3.38. The summed E-state index contributed by atoms with van der Waals surface area (Å²) < 4.78 is 12.0. The smallest absolute Gasteiger partial charge is 0.407 e. The zero-order chi connectivity index (χ0) is 20.1. The highest BCUT2D eigenvalue weighted by Crippen LogP contribution is 2.46. The van der Waals surface area contributed by atoms with Gasteiger partial charge in [0, 0.05) is 29.1 Å². The van der Waals surface area contributed by atoms with Gasteiger partial charge >= 0.3 is 6.09 Å². The largest absolute Gasteiger partial charge is 0.465 e. The average molecular weight is 437 g/mol. The monoisotopic (exact) mass is 436 g/mol. The van der Waals surface area contributed by atoms with Gasteiger partial charge in [-0.1, -0.05) is 34.4 Å². The van der Waals surface area contributed by atoms with Gasteiger partial charge in [-0.3, -0.25) is 0 Å². The molecule has 6 nitrogen and oxygen atoms in total. The van der Waals surface area contributed by atoms with Gasteiger partial charge in [0.25, 0.3) is 0 Å². The fourth-order valence-electron chi connectivity index (χ4n) is 4.82. The number of amides is 1. The summed E-state index contributed by atoms with van der Waals surface area (Å²) in [5, 5.41) is 14.8. The minimum absolute atomic E-state index is 0.0274. The van der Waals surface area contributed by atoms with Gasteiger partial charge in [0.05, 0.1) is 22.8 Å². The van der Waals surface area contributed by atoms with Crippen molar-refractivity contribution >= 4 is 29.3 Å². The Morgan fingerprint density at radius 2 is 1.83 bits per heavy atom. The molecule has 0 unspecified atom stereocenters. The van der Waals surface area contributed by atoms with Crippen LogP contribution in [0.25, 0.3) is 11.3 Å². The molecule has 154 valence electrons. The van der Waals surface area contributed by atoms with Crippen LogP contribution in [0.1, 0.15) is 55.8 Å². The molecule has 3 heterocycles. The van der Waals surface area contributed by atoms with Gasteiger partial charge in [-0.25, -0.2) is 4.79 Å². The maximum atomic E-state index is 11.5. The second kappa shape index (κ2) is 7.49. The van der Waals surface area contributed by atoms with E-state index in [0.29, 0.717) is 33.8 Å². The molecule has 0 radical (unpaired) electrons. The van der Waals surface area contributed by atoms with Crippen molar-refractivity contribution in [3.05, 3.63) is 39.6 Å². The second-order valence-corrected chi connectivity index (χ2v) is 9.04. The maximum Gasteiger partial charge on any atom is 0.407 e. The molecule has 3 atom stereocenters. The number of carbonyl (C=O) groups is 1. The lowest BCUT2D eigenvalue weighted by Gasteiger charge is -2.36. The van der Waals surface area contributed by atoms with E-state index < -0.39 is 6.09 Å². The second-order valence-electron chi connectivity index (χ2n) is 8.22. The Hall–Kier alpha value is -1.76. The summed E-state index contributed by atoms with van der Waals surface area (Å²) in [5.74, 6) is 1.24. The fourth-order valence-corrected chi connectivity index (χ4v) is 5.40. The van der Waals surface area contributed by atoms with E-state index in [-0.39, 0.29) is 18.2 Å². The molecule has 3 aliphatic rings. The lowest BCUT2D eigenvalue weighted by molar-refractivity contribution is -0.0227. The first-order chi connectivity index (χ1) is 14.0. The molecule has 1 aromatic heterocycles. The number of aromatic nitrogens is 1. The minimum atomic E-state index is -0.818. The quantitative estimate of drug-likeness (QED) is 0.648. The lowest BCUT2D eigenvalue weighted by Crippen LogP contribution is -2.47. The van der Waals surface area contributed by atoms with Crippen molar-refractivity contribution in [1.29, 1.82) is 0 Å². The molecule has 5 rings (SSSR count). The summed E-state index contributed by atoms with van der Waals surface area (Å²) in [6.45, 7) is 0.364. The fraction of sp³-hybridized carbons (Fsp3) is 0.524. The molecule has 1 aliphatic carbocycles. The van der Waals surface area contributed by atoms with Gasteiger partial charge in [-0.05, 0) is 50.7 Å². The highest BCUT2D eigenvalue weighted by molar-refractivity contribution is 6.39. The van der Waals surface area contributed by atoms with Crippen LogP contribution >= 0.6 is 23.2 Å².